The van der Waals surface area contributed by atoms with Crippen molar-refractivity contribution in [1.82, 2.24) is 19.6 Å². The summed E-state index contributed by atoms with van der Waals surface area (Å²) in [5.41, 5.74) is 4.47. The summed E-state index contributed by atoms with van der Waals surface area (Å²) < 4.78 is 4.38. The summed E-state index contributed by atoms with van der Waals surface area (Å²) in [7, 11) is 0. The summed E-state index contributed by atoms with van der Waals surface area (Å²) in [6.07, 6.45) is 3.31. The second-order valence-electron chi connectivity index (χ2n) is 6.37. The number of fused-ring (bicyclic) bond motifs is 1. The summed E-state index contributed by atoms with van der Waals surface area (Å²) in [5, 5.41) is 3.48. The van der Waals surface area contributed by atoms with Gasteiger partial charge >= 0.3 is 0 Å². The maximum absolute atomic E-state index is 4.93. The van der Waals surface area contributed by atoms with Gasteiger partial charge in [-0.2, -0.15) is 0 Å². The number of benzene rings is 1. The lowest BCUT2D eigenvalue weighted by Crippen LogP contribution is -2.28. The Bertz CT molecular complexity index is 865. The zero-order valence-corrected chi connectivity index (χ0v) is 17.1. The van der Waals surface area contributed by atoms with Gasteiger partial charge in [0.05, 0.1) is 11.4 Å². The maximum atomic E-state index is 4.93. The Morgan fingerprint density at radius 3 is 2.60 bits per heavy atom. The van der Waals surface area contributed by atoms with Gasteiger partial charge in [0.25, 0.3) is 0 Å². The van der Waals surface area contributed by atoms with Crippen LogP contribution in [0.2, 0.25) is 0 Å². The second-order valence-corrected chi connectivity index (χ2v) is 8.20. The van der Waals surface area contributed by atoms with Gasteiger partial charge in [0.2, 0.25) is 0 Å². The molecular weight excluding hydrogens is 444 g/mol. The van der Waals surface area contributed by atoms with Crippen molar-refractivity contribution in [2.75, 3.05) is 26.2 Å². The van der Waals surface area contributed by atoms with Gasteiger partial charge in [0.15, 0.2) is 0 Å². The lowest BCUT2D eigenvalue weighted by Gasteiger charge is -2.20. The molecule has 0 bridgehead atoms. The second kappa shape index (κ2) is 7.58. The first-order valence-electron chi connectivity index (χ1n) is 8.56. The van der Waals surface area contributed by atoms with Gasteiger partial charge < -0.3 is 9.72 Å². The Labute approximate surface area is 164 Å². The van der Waals surface area contributed by atoms with Crippen LogP contribution in [-0.2, 0) is 6.54 Å². The molecule has 0 atom stereocenters. The number of hydrogen-bond donors (Lipinski definition) is 1. The summed E-state index contributed by atoms with van der Waals surface area (Å²) in [6.45, 7) is 5.25. The van der Waals surface area contributed by atoms with E-state index in [1.807, 2.05) is 6.07 Å². The number of nitrogens with one attached hydrogen (secondary N) is 1. The van der Waals surface area contributed by atoms with Crippen molar-refractivity contribution in [3.8, 4) is 11.3 Å². The third kappa shape index (κ3) is 3.82. The predicted molar refractivity (Wildman–Crippen MR) is 109 cm³/mol. The van der Waals surface area contributed by atoms with Gasteiger partial charge in [-0.05, 0) is 59.7 Å². The number of rotatable bonds is 3. The first-order valence-corrected chi connectivity index (χ1v) is 10.1. The van der Waals surface area contributed by atoms with E-state index in [4.69, 9.17) is 4.98 Å². The molecule has 0 aliphatic carbocycles. The lowest BCUT2D eigenvalue weighted by atomic mass is 10.1. The third-order valence-corrected chi connectivity index (χ3v) is 5.60. The van der Waals surface area contributed by atoms with Crippen molar-refractivity contribution in [3.63, 3.8) is 0 Å². The molecule has 4 nitrogen and oxygen atoms in total. The van der Waals surface area contributed by atoms with Crippen LogP contribution in [0.1, 0.15) is 12.1 Å². The van der Waals surface area contributed by atoms with E-state index in [1.165, 1.54) is 12.1 Å². The SMILES string of the molecule is Brc1ccc(-c2nc3ccc(Br)cn3c2CN2CCCNCC2)cc1. The number of imidazole rings is 1. The molecule has 6 heteroatoms. The molecule has 3 aromatic rings. The molecule has 3 heterocycles. The highest BCUT2D eigenvalue weighted by molar-refractivity contribution is 9.10. The van der Waals surface area contributed by atoms with Crippen LogP contribution in [0, 0.1) is 0 Å². The van der Waals surface area contributed by atoms with Gasteiger partial charge in [-0.25, -0.2) is 4.98 Å². The Balaban J connectivity index is 1.79. The van der Waals surface area contributed by atoms with Crippen molar-refractivity contribution >= 4 is 37.5 Å². The van der Waals surface area contributed by atoms with Gasteiger partial charge in [0.1, 0.15) is 5.65 Å². The minimum Gasteiger partial charge on any atom is -0.315 e. The predicted octanol–water partition coefficient (Wildman–Crippen LogP) is 4.32. The molecule has 1 fully saturated rings. The van der Waals surface area contributed by atoms with Gasteiger partial charge in [-0.15, -0.1) is 0 Å². The highest BCUT2D eigenvalue weighted by Gasteiger charge is 2.18. The molecule has 1 aliphatic rings. The number of hydrogen-bond acceptors (Lipinski definition) is 3. The van der Waals surface area contributed by atoms with Crippen LogP contribution in [0.25, 0.3) is 16.9 Å². The molecule has 4 rings (SSSR count). The van der Waals surface area contributed by atoms with E-state index in [0.29, 0.717) is 0 Å². The van der Waals surface area contributed by atoms with Crippen LogP contribution >= 0.6 is 31.9 Å². The quantitative estimate of drug-likeness (QED) is 0.627. The molecule has 0 saturated carbocycles. The van der Waals surface area contributed by atoms with E-state index in [9.17, 15) is 0 Å². The van der Waals surface area contributed by atoms with Gasteiger partial charge in [0, 0.05) is 40.3 Å². The minimum absolute atomic E-state index is 0.907. The normalized spacial score (nSPS) is 16.2. The molecule has 130 valence electrons. The summed E-state index contributed by atoms with van der Waals surface area (Å²) in [6, 6.07) is 12.5. The fourth-order valence-electron chi connectivity index (χ4n) is 3.33. The Hall–Kier alpha value is -1.21. The molecule has 1 N–H and O–H groups in total. The largest absolute Gasteiger partial charge is 0.315 e. The van der Waals surface area contributed by atoms with Crippen molar-refractivity contribution in [2.45, 2.75) is 13.0 Å². The van der Waals surface area contributed by atoms with E-state index in [2.05, 4.69) is 83.0 Å². The lowest BCUT2D eigenvalue weighted by molar-refractivity contribution is 0.281. The molecule has 0 unspecified atom stereocenters. The van der Waals surface area contributed by atoms with Gasteiger partial charge in [-0.3, -0.25) is 4.90 Å². The fraction of sp³-hybridized carbons (Fsp3) is 0.316. The standard InChI is InChI=1S/C19H20Br2N4/c20-15-4-2-14(3-5-15)19-17(13-24-10-1-8-22-9-11-24)25-12-16(21)6-7-18(25)23-19/h2-7,12,22H,1,8-11,13H2. The molecule has 1 saturated heterocycles. The monoisotopic (exact) mass is 462 g/mol. The summed E-state index contributed by atoms with van der Waals surface area (Å²) >= 11 is 7.12. The zero-order valence-electron chi connectivity index (χ0n) is 13.9. The van der Waals surface area contributed by atoms with Crippen LogP contribution in [-0.4, -0.2) is 40.5 Å². The Morgan fingerprint density at radius 1 is 0.960 bits per heavy atom. The zero-order chi connectivity index (χ0) is 17.2. The number of aromatic nitrogens is 2. The molecular formula is C19H20Br2N4. The average Bonchev–Trinajstić information content (AvgIpc) is 2.79. The Kier molecular flexibility index (Phi) is 5.22. The number of nitrogens with zero attached hydrogens (tertiary/aromatic N) is 3. The first-order chi connectivity index (χ1) is 12.2. The molecule has 2 aromatic heterocycles. The molecule has 0 spiro atoms. The highest BCUT2D eigenvalue weighted by Crippen LogP contribution is 2.28. The summed E-state index contributed by atoms with van der Waals surface area (Å²) in [5.74, 6) is 0. The highest BCUT2D eigenvalue weighted by atomic mass is 79.9. The first kappa shape index (κ1) is 17.2. The average molecular weight is 464 g/mol. The van der Waals surface area contributed by atoms with Crippen molar-refractivity contribution in [3.05, 3.63) is 57.2 Å². The third-order valence-electron chi connectivity index (χ3n) is 4.61. The van der Waals surface area contributed by atoms with Crippen molar-refractivity contribution in [2.24, 2.45) is 0 Å². The van der Waals surface area contributed by atoms with E-state index in [1.54, 1.807) is 0 Å². The molecule has 25 heavy (non-hydrogen) atoms. The van der Waals surface area contributed by atoms with Crippen LogP contribution in [0.3, 0.4) is 0 Å². The molecule has 0 amide bonds. The minimum atomic E-state index is 0.907. The van der Waals surface area contributed by atoms with Crippen molar-refractivity contribution < 1.29 is 0 Å². The van der Waals surface area contributed by atoms with E-state index in [-0.39, 0.29) is 0 Å². The number of pyridine rings is 1. The molecule has 0 radical (unpaired) electrons. The Morgan fingerprint density at radius 2 is 1.76 bits per heavy atom. The van der Waals surface area contributed by atoms with Crippen LogP contribution < -0.4 is 5.32 Å². The summed E-state index contributed by atoms with van der Waals surface area (Å²) in [4.78, 5) is 7.45. The van der Waals surface area contributed by atoms with Crippen LogP contribution in [0.15, 0.2) is 51.5 Å². The molecule has 1 aliphatic heterocycles. The molecule has 1 aromatic carbocycles. The smallest absolute Gasteiger partial charge is 0.137 e. The van der Waals surface area contributed by atoms with Crippen LogP contribution in [0.4, 0.5) is 0 Å². The van der Waals surface area contributed by atoms with E-state index < -0.39 is 0 Å². The van der Waals surface area contributed by atoms with Gasteiger partial charge in [-0.1, -0.05) is 28.1 Å². The fourth-order valence-corrected chi connectivity index (χ4v) is 3.93. The van der Waals surface area contributed by atoms with E-state index in [0.717, 1.165) is 58.6 Å². The number of halogens is 2. The van der Waals surface area contributed by atoms with E-state index >= 15 is 0 Å². The maximum Gasteiger partial charge on any atom is 0.137 e. The van der Waals surface area contributed by atoms with Crippen molar-refractivity contribution in [1.29, 1.82) is 0 Å². The van der Waals surface area contributed by atoms with Crippen LogP contribution in [0.5, 0.6) is 0 Å². The topological polar surface area (TPSA) is 32.6 Å².